The average Bonchev–Trinajstić information content (AvgIpc) is 3.30. The fourth-order valence-electron chi connectivity index (χ4n) is 3.72. The van der Waals surface area contributed by atoms with Gasteiger partial charge in [-0.3, -0.25) is 9.52 Å². The number of esters is 1. The van der Waals surface area contributed by atoms with E-state index >= 15 is 0 Å². The second-order valence-corrected chi connectivity index (χ2v) is 8.85. The van der Waals surface area contributed by atoms with E-state index in [9.17, 15) is 18.0 Å². The van der Waals surface area contributed by atoms with Crippen LogP contribution in [-0.2, 0) is 26.0 Å². The number of anilines is 2. The minimum absolute atomic E-state index is 0.0367. The van der Waals surface area contributed by atoms with Crippen molar-refractivity contribution in [3.63, 3.8) is 0 Å². The predicted octanol–water partition coefficient (Wildman–Crippen LogP) is 3.02. The molecule has 0 saturated carbocycles. The van der Waals surface area contributed by atoms with Crippen molar-refractivity contribution in [1.82, 2.24) is 4.98 Å². The van der Waals surface area contributed by atoms with Crippen LogP contribution in [0.4, 0.5) is 11.4 Å². The Bertz CT molecular complexity index is 1360. The van der Waals surface area contributed by atoms with Crippen LogP contribution >= 0.6 is 0 Å². The predicted molar refractivity (Wildman–Crippen MR) is 115 cm³/mol. The second-order valence-electron chi connectivity index (χ2n) is 7.17. The van der Waals surface area contributed by atoms with Crippen molar-refractivity contribution in [3.05, 3.63) is 77.1 Å². The van der Waals surface area contributed by atoms with Crippen LogP contribution in [0, 0.1) is 0 Å². The van der Waals surface area contributed by atoms with Crippen molar-refractivity contribution in [2.45, 2.75) is 11.3 Å². The molecule has 1 amide bonds. The van der Waals surface area contributed by atoms with Crippen LogP contribution in [0.1, 0.15) is 27.2 Å². The standard InChI is InChI=1S/C22H17N3O5S/c26-21-17(11-20-15-8-9-30-22(27)18(15)12-23-20)16-10-14(6-7-19(16)24-21)31(28,29)25-13-4-2-1-3-5-13/h1-7,10-12,23,25H,8-9H2,(H,24,26)/b17-11-. The summed E-state index contributed by atoms with van der Waals surface area (Å²) >= 11 is 0. The lowest BCUT2D eigenvalue weighted by atomic mass is 10.0. The lowest BCUT2D eigenvalue weighted by Gasteiger charge is -2.12. The third kappa shape index (κ3) is 3.38. The number of sulfonamides is 1. The summed E-state index contributed by atoms with van der Waals surface area (Å²) in [4.78, 5) is 27.5. The molecule has 8 nitrogen and oxygen atoms in total. The fraction of sp³-hybridized carbons (Fsp3) is 0.0909. The van der Waals surface area contributed by atoms with E-state index in [-0.39, 0.29) is 17.4 Å². The van der Waals surface area contributed by atoms with Gasteiger partial charge in [-0.25, -0.2) is 13.2 Å². The van der Waals surface area contributed by atoms with Gasteiger partial charge in [-0.2, -0.15) is 0 Å². The molecular weight excluding hydrogens is 418 g/mol. The molecule has 2 aliphatic heterocycles. The number of ether oxygens (including phenoxy) is 1. The lowest BCUT2D eigenvalue weighted by molar-refractivity contribution is -0.110. The van der Waals surface area contributed by atoms with Gasteiger partial charge in [0.15, 0.2) is 0 Å². The average molecular weight is 435 g/mol. The van der Waals surface area contributed by atoms with E-state index in [4.69, 9.17) is 4.74 Å². The third-order valence-corrected chi connectivity index (χ3v) is 6.61. The van der Waals surface area contributed by atoms with Crippen molar-refractivity contribution < 1.29 is 22.7 Å². The number of cyclic esters (lactones) is 1. The van der Waals surface area contributed by atoms with Crippen LogP contribution in [0.15, 0.2) is 59.6 Å². The van der Waals surface area contributed by atoms with Gasteiger partial charge >= 0.3 is 5.97 Å². The first-order valence-corrected chi connectivity index (χ1v) is 11.0. The molecule has 0 radical (unpaired) electrons. The van der Waals surface area contributed by atoms with Crippen LogP contribution in [-0.4, -0.2) is 31.9 Å². The van der Waals surface area contributed by atoms with Gasteiger partial charge in [0.05, 0.1) is 22.6 Å². The van der Waals surface area contributed by atoms with E-state index in [2.05, 4.69) is 15.0 Å². The number of amides is 1. The first-order valence-electron chi connectivity index (χ1n) is 9.55. The first-order chi connectivity index (χ1) is 14.9. The molecule has 5 rings (SSSR count). The van der Waals surface area contributed by atoms with Crippen molar-refractivity contribution in [2.24, 2.45) is 0 Å². The SMILES string of the molecule is O=C1Nc2ccc(S(=O)(=O)Nc3ccccc3)cc2/C1=C/c1[nH]cc2c1CCOC2=O. The highest BCUT2D eigenvalue weighted by Gasteiger charge is 2.28. The van der Waals surface area contributed by atoms with E-state index in [1.165, 1.54) is 12.1 Å². The van der Waals surface area contributed by atoms with E-state index in [1.54, 1.807) is 48.7 Å². The summed E-state index contributed by atoms with van der Waals surface area (Å²) in [6.07, 6.45) is 3.73. The molecule has 3 N–H and O–H groups in total. The first kappa shape index (κ1) is 19.1. The Balaban J connectivity index is 1.54. The van der Waals surface area contributed by atoms with Gasteiger partial charge in [-0.15, -0.1) is 0 Å². The van der Waals surface area contributed by atoms with E-state index < -0.39 is 16.0 Å². The van der Waals surface area contributed by atoms with Crippen LogP contribution < -0.4 is 10.0 Å². The molecule has 0 fully saturated rings. The smallest absolute Gasteiger partial charge is 0.339 e. The van der Waals surface area contributed by atoms with Gasteiger partial charge in [0.25, 0.3) is 15.9 Å². The lowest BCUT2D eigenvalue weighted by Crippen LogP contribution is -2.16. The summed E-state index contributed by atoms with van der Waals surface area (Å²) in [5, 5.41) is 2.75. The molecular formula is C22H17N3O5S. The molecule has 0 bridgehead atoms. The molecule has 0 aliphatic carbocycles. The zero-order valence-electron chi connectivity index (χ0n) is 16.1. The van der Waals surface area contributed by atoms with Crippen molar-refractivity contribution in [3.8, 4) is 0 Å². The molecule has 0 atom stereocenters. The summed E-state index contributed by atoms with van der Waals surface area (Å²) in [6, 6.07) is 13.0. The number of benzene rings is 2. The molecule has 9 heteroatoms. The number of para-hydroxylation sites is 1. The number of hydrogen-bond acceptors (Lipinski definition) is 5. The Morgan fingerprint density at radius 2 is 1.84 bits per heavy atom. The monoisotopic (exact) mass is 435 g/mol. The third-order valence-electron chi connectivity index (χ3n) is 5.23. The van der Waals surface area contributed by atoms with E-state index in [1.807, 2.05) is 0 Å². The van der Waals surface area contributed by atoms with Gasteiger partial charge in [0, 0.05) is 35.2 Å². The maximum atomic E-state index is 12.8. The molecule has 2 aliphatic rings. The Morgan fingerprint density at radius 3 is 2.65 bits per heavy atom. The van der Waals surface area contributed by atoms with Gasteiger partial charge in [0.1, 0.15) is 0 Å². The summed E-state index contributed by atoms with van der Waals surface area (Å²) in [6.45, 7) is 0.274. The Hall–Kier alpha value is -3.85. The number of hydrogen-bond donors (Lipinski definition) is 3. The van der Waals surface area contributed by atoms with Crippen molar-refractivity contribution in [1.29, 1.82) is 0 Å². The quantitative estimate of drug-likeness (QED) is 0.430. The van der Waals surface area contributed by atoms with Gasteiger partial charge < -0.3 is 15.0 Å². The van der Waals surface area contributed by atoms with Gasteiger partial charge in [-0.1, -0.05) is 18.2 Å². The van der Waals surface area contributed by atoms with Crippen molar-refractivity contribution >= 4 is 44.9 Å². The van der Waals surface area contributed by atoms with Crippen LogP contribution in [0.2, 0.25) is 0 Å². The fourth-order valence-corrected chi connectivity index (χ4v) is 4.80. The van der Waals surface area contributed by atoms with Crippen molar-refractivity contribution in [2.75, 3.05) is 16.6 Å². The summed E-state index contributed by atoms with van der Waals surface area (Å²) in [5.41, 5.74) is 3.60. The highest BCUT2D eigenvalue weighted by molar-refractivity contribution is 7.92. The number of carbonyl (C=O) groups is 2. The molecule has 0 saturated heterocycles. The molecule has 3 heterocycles. The topological polar surface area (TPSA) is 117 Å². The van der Waals surface area contributed by atoms with E-state index in [0.29, 0.717) is 40.2 Å². The minimum atomic E-state index is -3.84. The molecule has 0 spiro atoms. The maximum Gasteiger partial charge on any atom is 0.339 e. The van der Waals surface area contributed by atoms with Crippen LogP contribution in [0.25, 0.3) is 11.6 Å². The van der Waals surface area contributed by atoms with Gasteiger partial charge in [0.2, 0.25) is 0 Å². The number of rotatable bonds is 4. The molecule has 156 valence electrons. The number of aromatic nitrogens is 1. The minimum Gasteiger partial charge on any atom is -0.462 e. The molecule has 2 aromatic carbocycles. The Labute approximate surface area is 178 Å². The zero-order valence-corrected chi connectivity index (χ0v) is 17.0. The number of nitrogens with one attached hydrogen (secondary N) is 3. The number of carbonyl (C=O) groups excluding carboxylic acids is 2. The number of fused-ring (bicyclic) bond motifs is 2. The Morgan fingerprint density at radius 1 is 1.03 bits per heavy atom. The number of H-pyrrole nitrogens is 1. The summed E-state index contributed by atoms with van der Waals surface area (Å²) in [7, 11) is -3.84. The number of aromatic amines is 1. The zero-order chi connectivity index (χ0) is 21.6. The van der Waals surface area contributed by atoms with Gasteiger partial charge in [-0.05, 0) is 42.0 Å². The van der Waals surface area contributed by atoms with Crippen LogP contribution in [0.3, 0.4) is 0 Å². The van der Waals surface area contributed by atoms with Crippen LogP contribution in [0.5, 0.6) is 0 Å². The molecule has 3 aromatic rings. The molecule has 31 heavy (non-hydrogen) atoms. The normalized spacial score (nSPS) is 16.5. The summed E-state index contributed by atoms with van der Waals surface area (Å²) < 4.78 is 33.2. The Kier molecular flexibility index (Phi) is 4.40. The maximum absolute atomic E-state index is 12.8. The largest absolute Gasteiger partial charge is 0.462 e. The molecule has 1 aromatic heterocycles. The highest BCUT2D eigenvalue weighted by Crippen LogP contribution is 2.36. The highest BCUT2D eigenvalue weighted by atomic mass is 32.2. The molecule has 0 unspecified atom stereocenters. The second kappa shape index (κ2) is 7.13. The van der Waals surface area contributed by atoms with E-state index in [0.717, 1.165) is 5.56 Å². The summed E-state index contributed by atoms with van der Waals surface area (Å²) in [5.74, 6) is -0.749.